The lowest BCUT2D eigenvalue weighted by Crippen LogP contribution is -2.45. The van der Waals surface area contributed by atoms with Crippen LogP contribution in [0.1, 0.15) is 33.3 Å². The van der Waals surface area contributed by atoms with E-state index in [4.69, 9.17) is 16.3 Å². The number of carbonyl (C=O) groups excluding carboxylic acids is 1. The third-order valence-electron chi connectivity index (χ3n) is 4.25. The van der Waals surface area contributed by atoms with Crippen LogP contribution in [-0.4, -0.2) is 27.1 Å². The molecule has 1 heterocycles. The molecule has 1 aromatic heterocycles. The maximum Gasteiger partial charge on any atom is 0.434 e. The highest BCUT2D eigenvalue weighted by Crippen LogP contribution is 2.34. The van der Waals surface area contributed by atoms with Crippen molar-refractivity contribution in [3.8, 4) is 0 Å². The van der Waals surface area contributed by atoms with Crippen LogP contribution >= 0.6 is 39.3 Å². The second kappa shape index (κ2) is 9.22. The number of anilines is 1. The fourth-order valence-electron chi connectivity index (χ4n) is 2.92. The minimum Gasteiger partial charge on any atom is -0.442 e. The minimum absolute atomic E-state index is 0.375. The molecule has 0 fully saturated rings. The van der Waals surface area contributed by atoms with Crippen LogP contribution in [0.5, 0.6) is 0 Å². The summed E-state index contributed by atoms with van der Waals surface area (Å²) in [6, 6.07) is 8.75. The smallest absolute Gasteiger partial charge is 0.434 e. The van der Waals surface area contributed by atoms with Gasteiger partial charge in [-0.05, 0) is 69.3 Å². The van der Waals surface area contributed by atoms with Gasteiger partial charge in [-0.2, -0.15) is 9.69 Å². The third-order valence-corrected chi connectivity index (χ3v) is 6.29. The van der Waals surface area contributed by atoms with Crippen LogP contribution in [0.25, 0.3) is 10.9 Å². The van der Waals surface area contributed by atoms with Crippen molar-refractivity contribution >= 4 is 62.0 Å². The van der Waals surface area contributed by atoms with Crippen LogP contribution in [0.15, 0.2) is 50.8 Å². The maximum atomic E-state index is 13.4. The molecule has 0 radical (unpaired) electrons. The fraction of sp³-hybridized carbons (Fsp3) is 0.318. The van der Waals surface area contributed by atoms with Gasteiger partial charge in [0.05, 0.1) is 16.6 Å². The van der Waals surface area contributed by atoms with E-state index >= 15 is 0 Å². The third kappa shape index (κ3) is 5.25. The highest BCUT2D eigenvalue weighted by atomic mass is 79.9. The van der Waals surface area contributed by atoms with Gasteiger partial charge >= 0.3 is 6.09 Å². The van der Waals surface area contributed by atoms with Gasteiger partial charge in [-0.1, -0.05) is 34.5 Å². The molecule has 6 nitrogen and oxygen atoms in total. The molecule has 0 spiro atoms. The monoisotopic (exact) mass is 523 g/mol. The molecule has 0 unspecified atom stereocenters. The average molecular weight is 525 g/mol. The lowest BCUT2D eigenvalue weighted by Gasteiger charge is -2.29. The van der Waals surface area contributed by atoms with Crippen molar-refractivity contribution in [1.82, 2.24) is 9.66 Å². The number of aromatic nitrogens is 2. The van der Waals surface area contributed by atoms with Gasteiger partial charge in [0.2, 0.25) is 0 Å². The Kier molecular flexibility index (Phi) is 7.03. The molecule has 9 heteroatoms. The number of carbonyl (C=O) groups is 1. The molecule has 1 amide bonds. The molecule has 2 aromatic carbocycles. The molecule has 0 N–H and O–H groups in total. The van der Waals surface area contributed by atoms with E-state index in [-0.39, 0.29) is 0 Å². The summed E-state index contributed by atoms with van der Waals surface area (Å²) in [6.07, 6.45) is 0.630. The predicted octanol–water partition coefficient (Wildman–Crippen LogP) is 6.44. The van der Waals surface area contributed by atoms with Gasteiger partial charge in [0.1, 0.15) is 11.9 Å². The highest BCUT2D eigenvalue weighted by molar-refractivity contribution is 9.10. The van der Waals surface area contributed by atoms with Crippen LogP contribution in [0.3, 0.4) is 0 Å². The summed E-state index contributed by atoms with van der Waals surface area (Å²) >= 11 is 11.3. The van der Waals surface area contributed by atoms with Crippen LogP contribution in [0.4, 0.5) is 10.5 Å². The number of thioether (sulfide) groups is 1. The molecule has 0 bridgehead atoms. The van der Waals surface area contributed by atoms with Crippen molar-refractivity contribution in [3.05, 3.63) is 62.1 Å². The van der Waals surface area contributed by atoms with E-state index in [1.54, 1.807) is 39.0 Å². The van der Waals surface area contributed by atoms with Crippen molar-refractivity contribution in [1.29, 1.82) is 0 Å². The summed E-state index contributed by atoms with van der Waals surface area (Å²) < 4.78 is 7.58. The molecule has 0 saturated heterocycles. The molecular formula is C22H23BrClN3O3S. The number of hydrogen-bond donors (Lipinski definition) is 0. The zero-order chi connectivity index (χ0) is 22.9. The van der Waals surface area contributed by atoms with Gasteiger partial charge in [0.25, 0.3) is 5.56 Å². The normalized spacial score (nSPS) is 11.6. The number of fused-ring (bicyclic) bond motifs is 1. The Morgan fingerprint density at radius 3 is 2.65 bits per heavy atom. The van der Waals surface area contributed by atoms with Crippen molar-refractivity contribution in [2.45, 2.75) is 45.1 Å². The minimum atomic E-state index is -0.764. The molecule has 0 aliphatic heterocycles. The molecule has 0 saturated carbocycles. The maximum absolute atomic E-state index is 13.4. The number of halogens is 2. The number of aryl methyl sites for hydroxylation is 1. The lowest BCUT2D eigenvalue weighted by molar-refractivity contribution is 0.0561. The second-order valence-corrected chi connectivity index (χ2v) is 10.4. The van der Waals surface area contributed by atoms with E-state index in [1.807, 2.05) is 26.0 Å². The average Bonchev–Trinajstić information content (AvgIpc) is 2.66. The largest absolute Gasteiger partial charge is 0.442 e. The Bertz CT molecular complexity index is 1210. The topological polar surface area (TPSA) is 64.4 Å². The molecule has 0 aliphatic rings. The fourth-order valence-corrected chi connectivity index (χ4v) is 4.20. The van der Waals surface area contributed by atoms with Gasteiger partial charge in [0.15, 0.2) is 0 Å². The van der Waals surface area contributed by atoms with Crippen molar-refractivity contribution in [2.24, 2.45) is 0 Å². The second-order valence-electron chi connectivity index (χ2n) is 7.85. The lowest BCUT2D eigenvalue weighted by atomic mass is 10.2. The van der Waals surface area contributed by atoms with E-state index in [0.29, 0.717) is 21.6 Å². The standard InChI is InChI=1S/C22H23BrClN3O3S/c1-6-31-19-8-7-14(24)10-18(19)27(21(29)30-22(3,4)5)26-12-25-17-9-13(2)16(23)11-15(17)20(26)28/h7-12H,6H2,1-5H3. The Hall–Kier alpha value is -2.03. The number of hydrogen-bond acceptors (Lipinski definition) is 5. The van der Waals surface area contributed by atoms with Crippen molar-refractivity contribution in [2.75, 3.05) is 10.8 Å². The Morgan fingerprint density at radius 1 is 1.29 bits per heavy atom. The van der Waals surface area contributed by atoms with Crippen LogP contribution < -0.4 is 10.6 Å². The number of ether oxygens (including phenoxy) is 1. The first-order chi connectivity index (χ1) is 14.5. The number of rotatable bonds is 4. The molecule has 0 aliphatic carbocycles. The van der Waals surface area contributed by atoms with E-state index in [1.165, 1.54) is 27.8 Å². The van der Waals surface area contributed by atoms with Gasteiger partial charge in [0, 0.05) is 14.4 Å². The quantitative estimate of drug-likeness (QED) is 0.368. The molecule has 164 valence electrons. The Balaban J connectivity index is 2.29. The van der Waals surface area contributed by atoms with E-state index in [9.17, 15) is 9.59 Å². The highest BCUT2D eigenvalue weighted by Gasteiger charge is 2.28. The zero-order valence-electron chi connectivity index (χ0n) is 17.9. The summed E-state index contributed by atoms with van der Waals surface area (Å²) in [5.74, 6) is 0.772. The Labute approximate surface area is 198 Å². The number of amides is 1. The number of nitrogens with zero attached hydrogens (tertiary/aromatic N) is 3. The zero-order valence-corrected chi connectivity index (χ0v) is 21.1. The van der Waals surface area contributed by atoms with Gasteiger partial charge in [-0.25, -0.2) is 9.78 Å². The van der Waals surface area contributed by atoms with Gasteiger partial charge in [-0.15, -0.1) is 11.8 Å². The van der Waals surface area contributed by atoms with Crippen LogP contribution in [0.2, 0.25) is 5.02 Å². The van der Waals surface area contributed by atoms with Crippen LogP contribution in [0, 0.1) is 6.92 Å². The Morgan fingerprint density at radius 2 is 2.00 bits per heavy atom. The van der Waals surface area contributed by atoms with Crippen molar-refractivity contribution < 1.29 is 9.53 Å². The van der Waals surface area contributed by atoms with Gasteiger partial charge < -0.3 is 4.74 Å². The van der Waals surface area contributed by atoms with E-state index < -0.39 is 17.3 Å². The van der Waals surface area contributed by atoms with E-state index in [2.05, 4.69) is 20.9 Å². The summed E-state index contributed by atoms with van der Waals surface area (Å²) in [5.41, 5.74) is 0.782. The summed E-state index contributed by atoms with van der Waals surface area (Å²) in [7, 11) is 0. The van der Waals surface area contributed by atoms with Crippen molar-refractivity contribution in [3.63, 3.8) is 0 Å². The molecule has 0 atom stereocenters. The summed E-state index contributed by atoms with van der Waals surface area (Å²) in [6.45, 7) is 9.23. The molecule has 31 heavy (non-hydrogen) atoms. The summed E-state index contributed by atoms with van der Waals surface area (Å²) in [4.78, 5) is 31.9. The van der Waals surface area contributed by atoms with Gasteiger partial charge in [-0.3, -0.25) is 4.79 Å². The first kappa shape index (κ1) is 23.6. The first-order valence-electron chi connectivity index (χ1n) is 9.65. The SMILES string of the molecule is CCSc1ccc(Cl)cc1N(C(=O)OC(C)(C)C)n1cnc2cc(C)c(Br)cc2c1=O. The molecule has 3 rings (SSSR count). The van der Waals surface area contributed by atoms with Crippen LogP contribution in [-0.2, 0) is 4.74 Å². The van der Waals surface area contributed by atoms with E-state index in [0.717, 1.165) is 20.7 Å². The number of benzene rings is 2. The molecular weight excluding hydrogens is 502 g/mol. The summed E-state index contributed by atoms with van der Waals surface area (Å²) in [5, 5.41) is 2.00. The first-order valence-corrected chi connectivity index (χ1v) is 11.8. The molecule has 3 aromatic rings. The predicted molar refractivity (Wildman–Crippen MR) is 130 cm³/mol.